The number of imidazole rings is 1. The Labute approximate surface area is 135 Å². The molecule has 0 aromatic carbocycles. The van der Waals surface area contributed by atoms with Crippen molar-refractivity contribution in [3.8, 4) is 0 Å². The molecule has 2 aromatic heterocycles. The number of fused-ring (bicyclic) bond motifs is 1. The van der Waals surface area contributed by atoms with Crippen molar-refractivity contribution in [3.05, 3.63) is 12.7 Å². The second kappa shape index (κ2) is 6.45. The van der Waals surface area contributed by atoms with Gasteiger partial charge < -0.3 is 15.4 Å². The normalized spacial score (nSPS) is 12.7. The summed E-state index contributed by atoms with van der Waals surface area (Å²) in [6.45, 7) is 0. The van der Waals surface area contributed by atoms with Crippen LogP contribution in [0.5, 0.6) is 0 Å². The van der Waals surface area contributed by atoms with E-state index < -0.39 is 27.9 Å². The number of rotatable bonds is 5. The minimum absolute atomic E-state index is 0. The zero-order valence-electron chi connectivity index (χ0n) is 10.3. The number of carboxylic acids is 1. The molecule has 2 aromatic rings. The first-order valence-electron chi connectivity index (χ1n) is 4.95. The quantitative estimate of drug-likeness (QED) is 0.320. The van der Waals surface area contributed by atoms with E-state index in [1.165, 1.54) is 6.33 Å². The molecule has 4 N–H and O–H groups in total. The predicted octanol–water partition coefficient (Wildman–Crippen LogP) is -3.89. The van der Waals surface area contributed by atoms with Crippen molar-refractivity contribution in [2.24, 2.45) is 0 Å². The molecule has 0 saturated heterocycles. The van der Waals surface area contributed by atoms with Crippen molar-refractivity contribution < 1.29 is 52.4 Å². The van der Waals surface area contributed by atoms with Gasteiger partial charge in [0, 0.05) is 0 Å². The van der Waals surface area contributed by atoms with Crippen molar-refractivity contribution >= 4 is 33.1 Å². The molecule has 0 bridgehead atoms. The van der Waals surface area contributed by atoms with Gasteiger partial charge in [-0.3, -0.25) is 4.55 Å². The van der Waals surface area contributed by atoms with Crippen LogP contribution in [0.2, 0.25) is 0 Å². The summed E-state index contributed by atoms with van der Waals surface area (Å²) in [6.07, 6.45) is 2.49. The molecule has 0 radical (unpaired) electrons. The fourth-order valence-electron chi connectivity index (χ4n) is 1.42. The summed E-state index contributed by atoms with van der Waals surface area (Å²) in [5.74, 6) is -2.34. The number of aromatic nitrogens is 4. The standard InChI is InChI=1S/C8H9N5O5S.Na/c14-8(15)4(1-19(16,17)18)13-7-5-6(10-2-9-5)11-3-12-7;/h2-4H,1H2,(H,14,15)(H,16,17,18)(H2,9,10,11,12,13);/q;+1. The fraction of sp³-hybridized carbons (Fsp3) is 0.250. The maximum atomic E-state index is 10.9. The molecule has 10 nitrogen and oxygen atoms in total. The van der Waals surface area contributed by atoms with E-state index in [2.05, 4.69) is 25.3 Å². The van der Waals surface area contributed by atoms with Gasteiger partial charge in [-0.25, -0.2) is 19.7 Å². The third-order valence-corrected chi connectivity index (χ3v) is 2.96. The number of nitrogens with one attached hydrogen (secondary N) is 2. The largest absolute Gasteiger partial charge is 1.00 e. The van der Waals surface area contributed by atoms with Gasteiger partial charge in [0.05, 0.1) is 6.33 Å². The third kappa shape index (κ3) is 4.11. The van der Waals surface area contributed by atoms with E-state index in [0.29, 0.717) is 11.2 Å². The van der Waals surface area contributed by atoms with Gasteiger partial charge in [0.2, 0.25) is 0 Å². The van der Waals surface area contributed by atoms with Crippen LogP contribution in [0.3, 0.4) is 0 Å². The van der Waals surface area contributed by atoms with Crippen LogP contribution in [0.25, 0.3) is 11.2 Å². The summed E-state index contributed by atoms with van der Waals surface area (Å²) in [4.78, 5) is 25.1. The van der Waals surface area contributed by atoms with Crippen molar-refractivity contribution in [2.45, 2.75) is 6.04 Å². The Balaban J connectivity index is 0.00000200. The summed E-state index contributed by atoms with van der Waals surface area (Å²) in [7, 11) is -4.44. The number of hydrogen-bond donors (Lipinski definition) is 4. The Morgan fingerprint density at radius 2 is 2.10 bits per heavy atom. The first-order valence-corrected chi connectivity index (χ1v) is 6.56. The van der Waals surface area contributed by atoms with E-state index >= 15 is 0 Å². The van der Waals surface area contributed by atoms with Gasteiger partial charge in [-0.2, -0.15) is 8.42 Å². The van der Waals surface area contributed by atoms with Crippen molar-refractivity contribution in [1.29, 1.82) is 0 Å². The molecule has 0 aliphatic heterocycles. The van der Waals surface area contributed by atoms with Crippen LogP contribution in [-0.2, 0) is 14.9 Å². The Morgan fingerprint density at radius 3 is 2.70 bits per heavy atom. The van der Waals surface area contributed by atoms with E-state index in [1.807, 2.05) is 0 Å². The van der Waals surface area contributed by atoms with Gasteiger partial charge >= 0.3 is 35.5 Å². The van der Waals surface area contributed by atoms with Crippen LogP contribution in [-0.4, -0.2) is 55.8 Å². The Morgan fingerprint density at radius 1 is 1.40 bits per heavy atom. The topological polar surface area (TPSA) is 158 Å². The molecule has 20 heavy (non-hydrogen) atoms. The van der Waals surface area contributed by atoms with E-state index in [9.17, 15) is 13.2 Å². The van der Waals surface area contributed by atoms with Crippen LogP contribution in [0, 0.1) is 0 Å². The maximum absolute atomic E-state index is 10.9. The average molecular weight is 310 g/mol. The van der Waals surface area contributed by atoms with E-state index in [0.717, 1.165) is 6.33 Å². The summed E-state index contributed by atoms with van der Waals surface area (Å²) in [5.41, 5.74) is 0.637. The molecule has 0 aliphatic carbocycles. The minimum Gasteiger partial charge on any atom is -0.480 e. The van der Waals surface area contributed by atoms with Gasteiger partial charge in [-0.15, -0.1) is 0 Å². The second-order valence-electron chi connectivity index (χ2n) is 3.61. The SMILES string of the molecule is O=C(O)C(CS(=O)(=O)O)Nc1ncnc2nc[nH]c12.[Na+]. The molecule has 1 unspecified atom stereocenters. The summed E-state index contributed by atoms with van der Waals surface area (Å²) in [6, 6.07) is -1.55. The number of nitrogens with zero attached hydrogens (tertiary/aromatic N) is 3. The van der Waals surface area contributed by atoms with Gasteiger partial charge in [0.25, 0.3) is 10.1 Å². The molecule has 1 atom stereocenters. The Kier molecular flexibility index (Phi) is 5.42. The number of carbonyl (C=O) groups is 1. The maximum Gasteiger partial charge on any atom is 1.00 e. The number of H-pyrrole nitrogens is 1. The van der Waals surface area contributed by atoms with Gasteiger partial charge in [-0.1, -0.05) is 0 Å². The van der Waals surface area contributed by atoms with Crippen LogP contribution in [0.4, 0.5) is 5.82 Å². The minimum atomic E-state index is -4.44. The first kappa shape index (κ1) is 16.8. The van der Waals surface area contributed by atoms with Crippen molar-refractivity contribution in [3.63, 3.8) is 0 Å². The smallest absolute Gasteiger partial charge is 0.480 e. The summed E-state index contributed by atoms with van der Waals surface area (Å²) >= 11 is 0. The molecule has 0 spiro atoms. The van der Waals surface area contributed by atoms with Gasteiger partial charge in [-0.05, 0) is 0 Å². The molecular weight excluding hydrogens is 301 g/mol. The van der Waals surface area contributed by atoms with Crippen molar-refractivity contribution in [2.75, 3.05) is 11.1 Å². The molecule has 0 saturated carbocycles. The molecule has 2 heterocycles. The van der Waals surface area contributed by atoms with Crippen LogP contribution in [0.1, 0.15) is 0 Å². The molecule has 0 amide bonds. The molecule has 2 rings (SSSR count). The molecule has 12 heteroatoms. The van der Waals surface area contributed by atoms with Crippen LogP contribution >= 0.6 is 0 Å². The molecule has 0 aliphatic rings. The average Bonchev–Trinajstić information content (AvgIpc) is 2.75. The number of aromatic amines is 1. The van der Waals surface area contributed by atoms with Crippen LogP contribution < -0.4 is 34.9 Å². The molecule has 0 fully saturated rings. The van der Waals surface area contributed by atoms with E-state index in [4.69, 9.17) is 9.66 Å². The Hall–Kier alpha value is -1.27. The number of hydrogen-bond acceptors (Lipinski definition) is 7. The second-order valence-corrected chi connectivity index (χ2v) is 5.10. The summed E-state index contributed by atoms with van der Waals surface area (Å²) in [5, 5.41) is 11.3. The van der Waals surface area contributed by atoms with Gasteiger partial charge in [0.15, 0.2) is 11.5 Å². The zero-order valence-corrected chi connectivity index (χ0v) is 13.1. The zero-order chi connectivity index (χ0) is 14.0. The first-order chi connectivity index (χ1) is 8.87. The monoisotopic (exact) mass is 310 g/mol. The van der Waals surface area contributed by atoms with E-state index in [1.54, 1.807) is 0 Å². The van der Waals surface area contributed by atoms with E-state index in [-0.39, 0.29) is 35.4 Å². The van der Waals surface area contributed by atoms with Crippen molar-refractivity contribution in [1.82, 2.24) is 19.9 Å². The van der Waals surface area contributed by atoms with Gasteiger partial charge in [0.1, 0.15) is 23.6 Å². The Bertz CT molecular complexity index is 717. The third-order valence-electron chi connectivity index (χ3n) is 2.21. The number of carboxylic acid groups (broad SMARTS) is 1. The molecule has 102 valence electrons. The fourth-order valence-corrected chi connectivity index (χ4v) is 2.07. The van der Waals surface area contributed by atoms with Crippen LogP contribution in [0.15, 0.2) is 12.7 Å². The number of anilines is 1. The predicted molar refractivity (Wildman–Crippen MR) is 63.1 cm³/mol. The molecular formula is C8H9N5NaO5S+. The number of aliphatic carboxylic acids is 1. The summed E-state index contributed by atoms with van der Waals surface area (Å²) < 4.78 is 30.2.